The van der Waals surface area contributed by atoms with Crippen LogP contribution in [0.2, 0.25) is 25.1 Å². The molecule has 0 aliphatic heterocycles. The van der Waals surface area contributed by atoms with Gasteiger partial charge in [-0.15, -0.1) is 0 Å². The SMILES string of the molecule is Cc1ccc(O)c(-c2c(Cl)c(Cl)c(Cl)c(Cl)c2Cl)n1. The van der Waals surface area contributed by atoms with Crippen LogP contribution in [0.1, 0.15) is 5.69 Å². The third kappa shape index (κ3) is 2.61. The lowest BCUT2D eigenvalue weighted by molar-refractivity contribution is 0.474. The molecule has 0 unspecified atom stereocenters. The summed E-state index contributed by atoms with van der Waals surface area (Å²) in [6.45, 7) is 1.77. The van der Waals surface area contributed by atoms with Crippen molar-refractivity contribution in [2.24, 2.45) is 0 Å². The summed E-state index contributed by atoms with van der Waals surface area (Å²) in [5, 5.41) is 10.3. The Morgan fingerprint density at radius 3 is 1.84 bits per heavy atom. The van der Waals surface area contributed by atoms with Crippen LogP contribution in [0.15, 0.2) is 12.1 Å². The number of rotatable bonds is 1. The van der Waals surface area contributed by atoms with Gasteiger partial charge >= 0.3 is 0 Å². The summed E-state index contributed by atoms with van der Waals surface area (Å²) in [5.74, 6) is -0.0798. The molecule has 1 heterocycles. The summed E-state index contributed by atoms with van der Waals surface area (Å²) in [5.41, 5.74) is 1.14. The van der Waals surface area contributed by atoms with Crippen molar-refractivity contribution in [1.29, 1.82) is 0 Å². The van der Waals surface area contributed by atoms with Gasteiger partial charge in [0, 0.05) is 11.3 Å². The van der Waals surface area contributed by atoms with E-state index in [1.54, 1.807) is 13.0 Å². The third-order valence-electron chi connectivity index (χ3n) is 2.46. The van der Waals surface area contributed by atoms with Gasteiger partial charge < -0.3 is 5.11 Å². The highest BCUT2D eigenvalue weighted by atomic mass is 35.5. The van der Waals surface area contributed by atoms with Crippen LogP contribution >= 0.6 is 58.0 Å². The fourth-order valence-corrected chi connectivity index (χ4v) is 2.86. The second-order valence-electron chi connectivity index (χ2n) is 3.77. The molecule has 0 spiro atoms. The minimum atomic E-state index is -0.0798. The van der Waals surface area contributed by atoms with E-state index in [0.29, 0.717) is 5.69 Å². The van der Waals surface area contributed by atoms with Crippen LogP contribution in [0, 0.1) is 6.92 Å². The first kappa shape index (κ1) is 15.0. The van der Waals surface area contributed by atoms with E-state index in [4.69, 9.17) is 58.0 Å². The highest BCUT2D eigenvalue weighted by molar-refractivity contribution is 6.56. The van der Waals surface area contributed by atoms with E-state index >= 15 is 0 Å². The molecule has 2 rings (SSSR count). The third-order valence-corrected chi connectivity index (χ3v) is 4.74. The molecule has 0 bridgehead atoms. The van der Waals surface area contributed by atoms with Crippen LogP contribution in [-0.2, 0) is 0 Å². The minimum Gasteiger partial charge on any atom is -0.506 e. The van der Waals surface area contributed by atoms with E-state index in [9.17, 15) is 5.11 Å². The standard InChI is InChI=1S/C12H6Cl5NO/c1-4-2-3-5(19)12(18-4)6-7(13)9(15)11(17)10(16)8(6)14/h2-3,19H,1H3. The summed E-state index contributed by atoms with van der Waals surface area (Å²) in [6, 6.07) is 3.14. The number of halogens is 5. The van der Waals surface area contributed by atoms with E-state index in [2.05, 4.69) is 4.98 Å². The van der Waals surface area contributed by atoms with Gasteiger partial charge in [0.25, 0.3) is 0 Å². The van der Waals surface area contributed by atoms with Gasteiger partial charge in [0.1, 0.15) is 11.4 Å². The normalized spacial score (nSPS) is 10.8. The first-order valence-electron chi connectivity index (χ1n) is 5.03. The number of hydrogen-bond acceptors (Lipinski definition) is 2. The average molecular weight is 357 g/mol. The van der Waals surface area contributed by atoms with Gasteiger partial charge in [0.2, 0.25) is 0 Å². The van der Waals surface area contributed by atoms with E-state index in [1.165, 1.54) is 6.07 Å². The maximum atomic E-state index is 9.89. The molecule has 0 amide bonds. The first-order chi connectivity index (χ1) is 8.84. The van der Waals surface area contributed by atoms with Gasteiger partial charge in [-0.05, 0) is 19.1 Å². The van der Waals surface area contributed by atoms with Crippen molar-refractivity contribution in [3.05, 3.63) is 42.9 Å². The van der Waals surface area contributed by atoms with Gasteiger partial charge in [0.05, 0.1) is 25.1 Å². The number of hydrogen-bond donors (Lipinski definition) is 1. The molecule has 7 heteroatoms. The largest absolute Gasteiger partial charge is 0.506 e. The molecule has 0 atom stereocenters. The van der Waals surface area contributed by atoms with Gasteiger partial charge in [-0.25, -0.2) is 4.98 Å². The van der Waals surface area contributed by atoms with Crippen molar-refractivity contribution < 1.29 is 5.11 Å². The highest BCUT2D eigenvalue weighted by Crippen LogP contribution is 2.49. The zero-order valence-corrected chi connectivity index (χ0v) is 13.2. The molecule has 0 fully saturated rings. The van der Waals surface area contributed by atoms with Crippen molar-refractivity contribution in [1.82, 2.24) is 4.98 Å². The molecular weight excluding hydrogens is 351 g/mol. The van der Waals surface area contributed by atoms with Gasteiger partial charge in [-0.1, -0.05) is 58.0 Å². The van der Waals surface area contributed by atoms with Gasteiger partial charge in [-0.3, -0.25) is 0 Å². The Morgan fingerprint density at radius 2 is 1.32 bits per heavy atom. The molecular formula is C12H6Cl5NO. The molecule has 1 aromatic carbocycles. The van der Waals surface area contributed by atoms with Gasteiger partial charge in [0.15, 0.2) is 0 Å². The van der Waals surface area contributed by atoms with Crippen LogP contribution in [0.5, 0.6) is 5.75 Å². The number of aromatic nitrogens is 1. The predicted molar refractivity (Wildman–Crippen MR) is 81.1 cm³/mol. The van der Waals surface area contributed by atoms with Crippen LogP contribution in [-0.4, -0.2) is 10.1 Å². The molecule has 0 saturated carbocycles. The van der Waals surface area contributed by atoms with Crippen molar-refractivity contribution in [2.75, 3.05) is 0 Å². The lowest BCUT2D eigenvalue weighted by atomic mass is 10.1. The number of aryl methyl sites for hydroxylation is 1. The quantitative estimate of drug-likeness (QED) is 0.499. The van der Waals surface area contributed by atoms with Gasteiger partial charge in [-0.2, -0.15) is 0 Å². The molecule has 1 N–H and O–H groups in total. The second-order valence-corrected chi connectivity index (χ2v) is 5.66. The Bertz CT molecular complexity index is 643. The maximum Gasteiger partial charge on any atom is 0.141 e. The topological polar surface area (TPSA) is 33.1 Å². The van der Waals surface area contributed by atoms with Crippen LogP contribution in [0.3, 0.4) is 0 Å². The van der Waals surface area contributed by atoms with Crippen molar-refractivity contribution in [3.8, 4) is 17.0 Å². The summed E-state index contributed by atoms with van der Waals surface area (Å²) >= 11 is 30.1. The van der Waals surface area contributed by atoms with E-state index < -0.39 is 0 Å². The fraction of sp³-hybridized carbons (Fsp3) is 0.0833. The van der Waals surface area contributed by atoms with E-state index in [0.717, 1.165) is 0 Å². The van der Waals surface area contributed by atoms with Crippen molar-refractivity contribution in [3.63, 3.8) is 0 Å². The Hall–Kier alpha value is -0.380. The van der Waals surface area contributed by atoms with E-state index in [-0.39, 0.29) is 42.1 Å². The Kier molecular flexibility index (Phi) is 4.38. The van der Waals surface area contributed by atoms with Crippen LogP contribution < -0.4 is 0 Å². The van der Waals surface area contributed by atoms with E-state index in [1.807, 2.05) is 0 Å². The summed E-state index contributed by atoms with van der Waals surface area (Å²) in [6.07, 6.45) is 0. The number of aromatic hydroxyl groups is 1. The summed E-state index contributed by atoms with van der Waals surface area (Å²) < 4.78 is 0. The molecule has 19 heavy (non-hydrogen) atoms. The van der Waals surface area contributed by atoms with Crippen LogP contribution in [0.4, 0.5) is 0 Å². The lowest BCUT2D eigenvalue weighted by Crippen LogP contribution is -1.92. The fourth-order valence-electron chi connectivity index (χ4n) is 1.55. The smallest absolute Gasteiger partial charge is 0.141 e. The predicted octanol–water partition coefficient (Wildman–Crippen LogP) is 6.03. The highest BCUT2D eigenvalue weighted by Gasteiger charge is 2.23. The zero-order valence-electron chi connectivity index (χ0n) is 9.44. The molecule has 100 valence electrons. The number of benzene rings is 1. The molecule has 2 aromatic rings. The zero-order chi connectivity index (χ0) is 14.3. The van der Waals surface area contributed by atoms with Crippen molar-refractivity contribution in [2.45, 2.75) is 6.92 Å². The Morgan fingerprint density at radius 1 is 0.842 bits per heavy atom. The molecule has 0 aliphatic carbocycles. The first-order valence-corrected chi connectivity index (χ1v) is 6.92. The monoisotopic (exact) mass is 355 g/mol. The average Bonchev–Trinajstić information content (AvgIpc) is 2.38. The Balaban J connectivity index is 2.87. The maximum absolute atomic E-state index is 9.89. The molecule has 0 aliphatic rings. The van der Waals surface area contributed by atoms with Crippen LogP contribution in [0.25, 0.3) is 11.3 Å². The molecule has 1 aromatic heterocycles. The molecule has 0 saturated heterocycles. The molecule has 0 radical (unpaired) electrons. The molecule has 2 nitrogen and oxygen atoms in total. The van der Waals surface area contributed by atoms with Crippen molar-refractivity contribution >= 4 is 58.0 Å². The lowest BCUT2D eigenvalue weighted by Gasteiger charge is -2.13. The minimum absolute atomic E-state index is 0.0641. The Labute approximate surface area is 134 Å². The summed E-state index contributed by atoms with van der Waals surface area (Å²) in [4.78, 5) is 4.20. The number of pyridine rings is 1. The summed E-state index contributed by atoms with van der Waals surface area (Å²) in [7, 11) is 0. The second kappa shape index (κ2) is 5.55. The number of nitrogens with zero attached hydrogens (tertiary/aromatic N) is 1.